The molecule has 26 heavy (non-hydrogen) atoms. The van der Waals surface area contributed by atoms with Crippen LogP contribution in [0.25, 0.3) is 0 Å². The number of hydrogen-bond donors (Lipinski definition) is 0. The number of urea groups is 1. The zero-order valence-electron chi connectivity index (χ0n) is 16.4. The van der Waals surface area contributed by atoms with E-state index in [0.717, 1.165) is 24.3 Å². The maximum absolute atomic E-state index is 12.5. The lowest BCUT2D eigenvalue weighted by molar-refractivity contribution is -0.148. The summed E-state index contributed by atoms with van der Waals surface area (Å²) in [6.07, 6.45) is 5.10. The van der Waals surface area contributed by atoms with Crippen LogP contribution in [-0.4, -0.2) is 46.9 Å². The second kappa shape index (κ2) is 8.79. The van der Waals surface area contributed by atoms with Gasteiger partial charge in [0, 0.05) is 18.9 Å². The van der Waals surface area contributed by atoms with Crippen LogP contribution in [0.15, 0.2) is 0 Å². The van der Waals surface area contributed by atoms with Crippen molar-refractivity contribution < 1.29 is 14.3 Å². The zero-order chi connectivity index (χ0) is 19.3. The minimum absolute atomic E-state index is 0.144. The van der Waals surface area contributed by atoms with Gasteiger partial charge in [0.25, 0.3) is 0 Å². The van der Waals surface area contributed by atoms with Gasteiger partial charge in [-0.05, 0) is 6.42 Å². The molecule has 2 rings (SSSR count). The summed E-state index contributed by atoms with van der Waals surface area (Å²) in [5.74, 6) is -0.264. The molecular weight excluding hydrogens is 352 g/mol. The summed E-state index contributed by atoms with van der Waals surface area (Å²) in [5, 5.41) is 9.68. The quantitative estimate of drug-likeness (QED) is 0.503. The Morgan fingerprint density at radius 1 is 1.23 bits per heavy atom. The van der Waals surface area contributed by atoms with Gasteiger partial charge in [0.15, 0.2) is 0 Å². The van der Waals surface area contributed by atoms with Gasteiger partial charge < -0.3 is 9.64 Å². The average molecular weight is 383 g/mol. The van der Waals surface area contributed by atoms with Crippen molar-refractivity contribution >= 4 is 28.5 Å². The van der Waals surface area contributed by atoms with Gasteiger partial charge in [-0.1, -0.05) is 64.7 Å². The van der Waals surface area contributed by atoms with E-state index in [-0.39, 0.29) is 17.4 Å². The van der Waals surface area contributed by atoms with Crippen molar-refractivity contribution in [2.24, 2.45) is 0 Å². The maximum Gasteiger partial charge on any atom is 0.329 e. The third-order valence-electron chi connectivity index (χ3n) is 4.26. The number of carbonyl (C=O) groups excluding carboxylic acids is 2. The molecule has 1 unspecified atom stereocenters. The van der Waals surface area contributed by atoms with Gasteiger partial charge in [-0.15, -0.1) is 10.2 Å². The standard InChI is InChI=1S/C18H30N4O3S/c1-6-7-8-9-10-11-14(23)25-13-12-21(5)17(24)22(13)16-20-19-15(26-16)18(2,3)4/h13H,6-12H2,1-5H3. The van der Waals surface area contributed by atoms with Crippen molar-refractivity contribution in [1.82, 2.24) is 15.1 Å². The molecule has 2 heterocycles. The minimum atomic E-state index is -0.642. The van der Waals surface area contributed by atoms with Crippen molar-refractivity contribution in [3.05, 3.63) is 5.01 Å². The normalized spacial score (nSPS) is 17.9. The number of unbranched alkanes of at least 4 members (excludes halogenated alkanes) is 4. The average Bonchev–Trinajstić information content (AvgIpc) is 3.13. The Bertz CT molecular complexity index is 626. The van der Waals surface area contributed by atoms with Gasteiger partial charge in [0.1, 0.15) is 5.01 Å². The molecule has 8 heteroatoms. The van der Waals surface area contributed by atoms with Crippen LogP contribution in [0.5, 0.6) is 0 Å². The van der Waals surface area contributed by atoms with Crippen LogP contribution >= 0.6 is 11.3 Å². The first-order valence-corrected chi connectivity index (χ1v) is 10.1. The van der Waals surface area contributed by atoms with E-state index in [1.165, 1.54) is 34.0 Å². The van der Waals surface area contributed by atoms with E-state index in [9.17, 15) is 9.59 Å². The third-order valence-corrected chi connectivity index (χ3v) is 5.61. The number of hydrogen-bond acceptors (Lipinski definition) is 6. The van der Waals surface area contributed by atoms with Crippen molar-refractivity contribution in [3.8, 4) is 0 Å². The summed E-state index contributed by atoms with van der Waals surface area (Å²) in [4.78, 5) is 27.6. The van der Waals surface area contributed by atoms with Gasteiger partial charge in [0.05, 0.1) is 6.54 Å². The fraction of sp³-hybridized carbons (Fsp3) is 0.778. The third kappa shape index (κ3) is 5.16. The fourth-order valence-corrected chi connectivity index (χ4v) is 3.63. The van der Waals surface area contributed by atoms with Gasteiger partial charge in [-0.2, -0.15) is 0 Å². The monoisotopic (exact) mass is 382 g/mol. The number of esters is 1. The number of aromatic nitrogens is 2. The van der Waals surface area contributed by atoms with E-state index in [1.54, 1.807) is 7.05 Å². The highest BCUT2D eigenvalue weighted by Crippen LogP contribution is 2.33. The lowest BCUT2D eigenvalue weighted by Gasteiger charge is -2.20. The van der Waals surface area contributed by atoms with E-state index >= 15 is 0 Å². The van der Waals surface area contributed by atoms with Crippen molar-refractivity contribution in [3.63, 3.8) is 0 Å². The Balaban J connectivity index is 1.99. The molecule has 7 nitrogen and oxygen atoms in total. The number of carbonyl (C=O) groups is 2. The van der Waals surface area contributed by atoms with E-state index in [1.807, 2.05) is 20.8 Å². The highest BCUT2D eigenvalue weighted by molar-refractivity contribution is 7.15. The summed E-state index contributed by atoms with van der Waals surface area (Å²) in [6, 6.07) is -0.220. The predicted octanol–water partition coefficient (Wildman–Crippen LogP) is 3.94. The van der Waals surface area contributed by atoms with Crippen LogP contribution in [0.2, 0.25) is 0 Å². The molecule has 0 aromatic carbocycles. The number of ether oxygens (including phenoxy) is 1. The Labute approximate surface area is 159 Å². The minimum Gasteiger partial charge on any atom is -0.439 e. The highest BCUT2D eigenvalue weighted by Gasteiger charge is 2.41. The van der Waals surface area contributed by atoms with Gasteiger partial charge in [0.2, 0.25) is 11.4 Å². The van der Waals surface area contributed by atoms with E-state index in [4.69, 9.17) is 4.74 Å². The topological polar surface area (TPSA) is 75.6 Å². The van der Waals surface area contributed by atoms with E-state index in [2.05, 4.69) is 17.1 Å². The maximum atomic E-state index is 12.5. The first-order chi connectivity index (χ1) is 12.2. The number of nitrogens with zero attached hydrogens (tertiary/aromatic N) is 4. The lowest BCUT2D eigenvalue weighted by atomic mass is 9.98. The Morgan fingerprint density at radius 3 is 2.54 bits per heavy atom. The molecular formula is C18H30N4O3S. The first-order valence-electron chi connectivity index (χ1n) is 9.31. The molecule has 1 atom stereocenters. The number of rotatable bonds is 8. The molecule has 0 radical (unpaired) electrons. The summed E-state index contributed by atoms with van der Waals surface area (Å²) in [6.45, 7) is 8.64. The van der Waals surface area contributed by atoms with E-state index < -0.39 is 6.23 Å². The second-order valence-corrected chi connectivity index (χ2v) is 8.74. The Hall–Kier alpha value is -1.70. The zero-order valence-corrected chi connectivity index (χ0v) is 17.3. The van der Waals surface area contributed by atoms with Gasteiger partial charge in [-0.25, -0.2) is 9.69 Å². The lowest BCUT2D eigenvalue weighted by Crippen LogP contribution is -2.37. The summed E-state index contributed by atoms with van der Waals surface area (Å²) in [7, 11) is 1.69. The van der Waals surface area contributed by atoms with Crippen LogP contribution < -0.4 is 4.90 Å². The van der Waals surface area contributed by atoms with Crippen molar-refractivity contribution in [2.45, 2.75) is 77.9 Å². The number of likely N-dealkylation sites (N-methyl/N-ethyl adjacent to an activating group) is 1. The van der Waals surface area contributed by atoms with Crippen LogP contribution in [-0.2, 0) is 14.9 Å². The van der Waals surface area contributed by atoms with Crippen LogP contribution in [0.1, 0.15) is 71.2 Å². The molecule has 1 aromatic rings. The molecule has 146 valence electrons. The summed E-state index contributed by atoms with van der Waals surface area (Å²) < 4.78 is 5.58. The fourth-order valence-electron chi connectivity index (χ4n) is 2.70. The van der Waals surface area contributed by atoms with Crippen LogP contribution in [0.3, 0.4) is 0 Å². The van der Waals surface area contributed by atoms with Gasteiger partial charge >= 0.3 is 12.0 Å². The smallest absolute Gasteiger partial charge is 0.329 e. The van der Waals surface area contributed by atoms with Crippen LogP contribution in [0.4, 0.5) is 9.93 Å². The molecule has 0 spiro atoms. The van der Waals surface area contributed by atoms with Crippen molar-refractivity contribution in [1.29, 1.82) is 0 Å². The number of anilines is 1. The summed E-state index contributed by atoms with van der Waals surface area (Å²) in [5.41, 5.74) is -0.144. The molecule has 1 aromatic heterocycles. The molecule has 0 saturated carbocycles. The first kappa shape index (κ1) is 20.6. The van der Waals surface area contributed by atoms with Crippen LogP contribution in [0, 0.1) is 0 Å². The molecule has 1 fully saturated rings. The Morgan fingerprint density at radius 2 is 1.92 bits per heavy atom. The van der Waals surface area contributed by atoms with Crippen molar-refractivity contribution in [2.75, 3.05) is 18.5 Å². The molecule has 1 saturated heterocycles. The highest BCUT2D eigenvalue weighted by atomic mass is 32.1. The number of amides is 2. The molecule has 1 aliphatic rings. The van der Waals surface area contributed by atoms with E-state index in [0.29, 0.717) is 18.1 Å². The van der Waals surface area contributed by atoms with Gasteiger partial charge in [-0.3, -0.25) is 4.79 Å². The molecule has 2 amide bonds. The molecule has 0 bridgehead atoms. The SMILES string of the molecule is CCCCCCCC(=O)OC1CN(C)C(=O)N1c1nnc(C(C)(C)C)s1. The Kier molecular flexibility index (Phi) is 6.97. The summed E-state index contributed by atoms with van der Waals surface area (Å²) >= 11 is 1.37. The second-order valence-electron chi connectivity index (χ2n) is 7.78. The predicted molar refractivity (Wildman–Crippen MR) is 102 cm³/mol. The largest absolute Gasteiger partial charge is 0.439 e. The molecule has 1 aliphatic heterocycles. The molecule has 0 aliphatic carbocycles. The molecule has 0 N–H and O–H groups in total.